The van der Waals surface area contributed by atoms with Gasteiger partial charge in [-0.3, -0.25) is 4.79 Å². The minimum Gasteiger partial charge on any atom is -0.496 e. The van der Waals surface area contributed by atoms with Crippen LogP contribution in [0.4, 0.5) is 0 Å². The van der Waals surface area contributed by atoms with Crippen molar-refractivity contribution in [2.24, 2.45) is 0 Å². The molecule has 3 heteroatoms. The van der Waals surface area contributed by atoms with Gasteiger partial charge in [-0.05, 0) is 48.2 Å². The Morgan fingerprint density at radius 3 is 2.55 bits per heavy atom. The van der Waals surface area contributed by atoms with Crippen molar-refractivity contribution in [3.8, 4) is 16.9 Å². The lowest BCUT2D eigenvalue weighted by atomic mass is 9.94. The third-order valence-corrected chi connectivity index (χ3v) is 3.51. The molecule has 0 saturated carbocycles. The predicted molar refractivity (Wildman–Crippen MR) is 79.2 cm³/mol. The molecule has 1 N–H and O–H groups in total. The van der Waals surface area contributed by atoms with Crippen LogP contribution in [0.25, 0.3) is 11.1 Å². The summed E-state index contributed by atoms with van der Waals surface area (Å²) in [6.07, 6.45) is 0.0157. The molecule has 2 aromatic carbocycles. The van der Waals surface area contributed by atoms with Gasteiger partial charge in [-0.1, -0.05) is 24.3 Å². The molecule has 0 fully saturated rings. The lowest BCUT2D eigenvalue weighted by molar-refractivity contribution is -0.136. The lowest BCUT2D eigenvalue weighted by Gasteiger charge is -2.14. The molecule has 0 bridgehead atoms. The van der Waals surface area contributed by atoms with E-state index in [-0.39, 0.29) is 6.42 Å². The van der Waals surface area contributed by atoms with Gasteiger partial charge in [0.2, 0.25) is 0 Å². The third-order valence-electron chi connectivity index (χ3n) is 3.51. The first-order valence-electron chi connectivity index (χ1n) is 6.48. The zero-order chi connectivity index (χ0) is 14.7. The summed E-state index contributed by atoms with van der Waals surface area (Å²) >= 11 is 0. The van der Waals surface area contributed by atoms with Gasteiger partial charge in [-0.25, -0.2) is 0 Å². The van der Waals surface area contributed by atoms with Gasteiger partial charge in [0.1, 0.15) is 5.75 Å². The molecule has 20 heavy (non-hydrogen) atoms. The summed E-state index contributed by atoms with van der Waals surface area (Å²) in [6, 6.07) is 11.6. The number of aliphatic carboxylic acids is 1. The molecule has 0 radical (unpaired) electrons. The average molecular weight is 270 g/mol. The minimum absolute atomic E-state index is 0.0157. The Hall–Kier alpha value is -2.29. The first-order valence-corrected chi connectivity index (χ1v) is 6.48. The first kappa shape index (κ1) is 14.1. The van der Waals surface area contributed by atoms with Crippen LogP contribution in [0.15, 0.2) is 36.4 Å². The topological polar surface area (TPSA) is 46.5 Å². The fourth-order valence-electron chi connectivity index (χ4n) is 2.29. The summed E-state index contributed by atoms with van der Waals surface area (Å²) in [6.45, 7) is 4.13. The lowest BCUT2D eigenvalue weighted by Crippen LogP contribution is -2.01. The normalized spacial score (nSPS) is 10.3. The maximum Gasteiger partial charge on any atom is 0.307 e. The van der Waals surface area contributed by atoms with Crippen molar-refractivity contribution in [3.05, 3.63) is 53.1 Å². The molecule has 0 unspecified atom stereocenters. The largest absolute Gasteiger partial charge is 0.496 e. The van der Waals surface area contributed by atoms with Gasteiger partial charge in [-0.15, -0.1) is 0 Å². The number of carboxylic acids is 1. The molecule has 2 aromatic rings. The van der Waals surface area contributed by atoms with Gasteiger partial charge in [0.15, 0.2) is 0 Å². The van der Waals surface area contributed by atoms with E-state index in [1.807, 2.05) is 24.3 Å². The second kappa shape index (κ2) is 5.78. The average Bonchev–Trinajstić information content (AvgIpc) is 2.41. The summed E-state index contributed by atoms with van der Waals surface area (Å²) in [5.41, 5.74) is 5.17. The number of rotatable bonds is 4. The molecule has 0 aliphatic heterocycles. The third kappa shape index (κ3) is 2.82. The highest BCUT2D eigenvalue weighted by atomic mass is 16.5. The van der Waals surface area contributed by atoms with Crippen molar-refractivity contribution in [1.82, 2.24) is 0 Å². The van der Waals surface area contributed by atoms with Gasteiger partial charge in [0.25, 0.3) is 0 Å². The molecule has 0 heterocycles. The van der Waals surface area contributed by atoms with E-state index < -0.39 is 5.97 Å². The van der Waals surface area contributed by atoms with Crippen molar-refractivity contribution in [2.45, 2.75) is 20.3 Å². The number of ether oxygens (including phenoxy) is 1. The minimum atomic E-state index is -0.831. The van der Waals surface area contributed by atoms with Crippen molar-refractivity contribution in [3.63, 3.8) is 0 Å². The maximum atomic E-state index is 10.9. The van der Waals surface area contributed by atoms with Crippen LogP contribution >= 0.6 is 0 Å². The molecule has 0 atom stereocenters. The summed E-state index contributed by atoms with van der Waals surface area (Å²) in [4.78, 5) is 10.9. The van der Waals surface area contributed by atoms with Crippen molar-refractivity contribution in [1.29, 1.82) is 0 Å². The molecular weight excluding hydrogens is 252 g/mol. The Morgan fingerprint density at radius 2 is 1.90 bits per heavy atom. The highest BCUT2D eigenvalue weighted by molar-refractivity contribution is 5.77. The quantitative estimate of drug-likeness (QED) is 0.923. The molecular formula is C17H18O3. The van der Waals surface area contributed by atoms with Crippen LogP contribution in [-0.2, 0) is 11.2 Å². The van der Waals surface area contributed by atoms with E-state index in [1.54, 1.807) is 13.2 Å². The Kier molecular flexibility index (Phi) is 4.08. The summed E-state index contributed by atoms with van der Waals surface area (Å²) in [5.74, 6) is -0.0741. The predicted octanol–water partition coefficient (Wildman–Crippen LogP) is 3.61. The van der Waals surface area contributed by atoms with E-state index in [4.69, 9.17) is 9.84 Å². The number of hydrogen-bond acceptors (Lipinski definition) is 2. The number of aryl methyl sites for hydroxylation is 1. The van der Waals surface area contributed by atoms with E-state index >= 15 is 0 Å². The maximum absolute atomic E-state index is 10.9. The number of hydrogen-bond donors (Lipinski definition) is 1. The molecule has 2 rings (SSSR count). The summed E-state index contributed by atoms with van der Waals surface area (Å²) < 4.78 is 5.41. The zero-order valence-corrected chi connectivity index (χ0v) is 11.9. The van der Waals surface area contributed by atoms with E-state index in [1.165, 1.54) is 11.1 Å². The molecule has 0 saturated heterocycles. The molecule has 0 aliphatic carbocycles. The number of carbonyl (C=O) groups is 1. The zero-order valence-electron chi connectivity index (χ0n) is 11.9. The van der Waals surface area contributed by atoms with Crippen molar-refractivity contribution < 1.29 is 14.6 Å². The summed E-state index contributed by atoms with van der Waals surface area (Å²) in [5, 5.41) is 8.92. The standard InChI is InChI=1S/C17H18O3/c1-11-5-4-6-14(12(11)2)15-9-13(10-17(18)19)7-8-16(15)20-3/h4-9H,10H2,1-3H3,(H,18,19). The molecule has 3 nitrogen and oxygen atoms in total. The van der Waals surface area contributed by atoms with Crippen LogP contribution in [0, 0.1) is 13.8 Å². The highest BCUT2D eigenvalue weighted by Gasteiger charge is 2.11. The Morgan fingerprint density at radius 1 is 1.15 bits per heavy atom. The van der Waals surface area contributed by atoms with Gasteiger partial charge in [0.05, 0.1) is 13.5 Å². The highest BCUT2D eigenvalue weighted by Crippen LogP contribution is 2.34. The van der Waals surface area contributed by atoms with Crippen LogP contribution in [0.3, 0.4) is 0 Å². The van der Waals surface area contributed by atoms with Crippen LogP contribution < -0.4 is 4.74 Å². The Balaban J connectivity index is 2.58. The van der Waals surface area contributed by atoms with Gasteiger partial charge < -0.3 is 9.84 Å². The smallest absolute Gasteiger partial charge is 0.307 e. The van der Waals surface area contributed by atoms with Crippen molar-refractivity contribution in [2.75, 3.05) is 7.11 Å². The van der Waals surface area contributed by atoms with E-state index in [9.17, 15) is 4.79 Å². The van der Waals surface area contributed by atoms with Gasteiger partial charge >= 0.3 is 5.97 Å². The van der Waals surface area contributed by atoms with Crippen LogP contribution in [0.1, 0.15) is 16.7 Å². The van der Waals surface area contributed by atoms with Crippen LogP contribution in [0.5, 0.6) is 5.75 Å². The SMILES string of the molecule is COc1ccc(CC(=O)O)cc1-c1cccc(C)c1C. The molecule has 0 aliphatic rings. The van der Waals surface area contributed by atoms with Gasteiger partial charge in [-0.2, -0.15) is 0 Å². The van der Waals surface area contributed by atoms with Gasteiger partial charge in [0, 0.05) is 5.56 Å². The summed E-state index contributed by atoms with van der Waals surface area (Å²) in [7, 11) is 1.63. The molecule has 0 amide bonds. The second-order valence-electron chi connectivity index (χ2n) is 4.85. The molecule has 0 spiro atoms. The van der Waals surface area contributed by atoms with Crippen LogP contribution in [0.2, 0.25) is 0 Å². The number of methoxy groups -OCH3 is 1. The number of benzene rings is 2. The molecule has 104 valence electrons. The first-order chi connectivity index (χ1) is 9.52. The van der Waals surface area contributed by atoms with E-state index in [0.29, 0.717) is 0 Å². The van der Waals surface area contributed by atoms with Crippen LogP contribution in [-0.4, -0.2) is 18.2 Å². The Labute approximate surface area is 118 Å². The second-order valence-corrected chi connectivity index (χ2v) is 4.85. The fraction of sp³-hybridized carbons (Fsp3) is 0.235. The number of carboxylic acid groups (broad SMARTS) is 1. The van der Waals surface area contributed by atoms with E-state index in [2.05, 4.69) is 19.9 Å². The monoisotopic (exact) mass is 270 g/mol. The Bertz CT molecular complexity index is 645. The molecule has 0 aromatic heterocycles. The van der Waals surface area contributed by atoms with Crippen molar-refractivity contribution >= 4 is 5.97 Å². The fourth-order valence-corrected chi connectivity index (χ4v) is 2.29. The van der Waals surface area contributed by atoms with E-state index in [0.717, 1.165) is 22.4 Å².